The molecule has 1 aromatic rings. The molecule has 2 aliphatic rings. The number of hydrogen-bond acceptors (Lipinski definition) is 4. The molecule has 1 heterocycles. The summed E-state index contributed by atoms with van der Waals surface area (Å²) in [6, 6.07) is 3.62. The highest BCUT2D eigenvalue weighted by Crippen LogP contribution is 2.51. The van der Waals surface area contributed by atoms with Crippen molar-refractivity contribution in [2.24, 2.45) is 5.73 Å². The number of halogens is 3. The number of hydrogen-bond donors (Lipinski definition) is 2. The third-order valence-corrected chi connectivity index (χ3v) is 5.31. The van der Waals surface area contributed by atoms with E-state index in [-0.39, 0.29) is 18.1 Å². The Bertz CT molecular complexity index is 888. The standard InChI is InChI=1S/C20H20F3N3O4/c1-2-13(11-16(24)27)25-17(28)15-7-10-26(15)18(29)19(8-9-19)12-3-5-14(6-4-12)30-20(21,22)23/h1,3-6,13,15H,7-11H2,(H2,24,27)(H,25,28)/t13-,15+/m1/s1. The molecule has 0 unspecified atom stereocenters. The lowest BCUT2D eigenvalue weighted by atomic mass is 9.90. The Balaban J connectivity index is 1.66. The quantitative estimate of drug-likeness (QED) is 0.644. The number of amides is 3. The van der Waals surface area contributed by atoms with Crippen LogP contribution >= 0.6 is 0 Å². The van der Waals surface area contributed by atoms with Crippen LogP contribution < -0.4 is 15.8 Å². The minimum atomic E-state index is -4.79. The summed E-state index contributed by atoms with van der Waals surface area (Å²) in [5.41, 5.74) is 4.82. The third kappa shape index (κ3) is 4.50. The van der Waals surface area contributed by atoms with Crippen molar-refractivity contribution in [2.45, 2.75) is 49.5 Å². The number of nitrogens with zero attached hydrogens (tertiary/aromatic N) is 1. The zero-order valence-electron chi connectivity index (χ0n) is 15.9. The molecule has 1 saturated carbocycles. The van der Waals surface area contributed by atoms with E-state index in [1.54, 1.807) is 0 Å². The molecule has 0 bridgehead atoms. The Morgan fingerprint density at radius 3 is 2.37 bits per heavy atom. The fourth-order valence-electron chi connectivity index (χ4n) is 3.53. The van der Waals surface area contributed by atoms with E-state index in [4.69, 9.17) is 12.2 Å². The molecule has 30 heavy (non-hydrogen) atoms. The first kappa shape index (κ1) is 21.5. The van der Waals surface area contributed by atoms with E-state index in [0.29, 0.717) is 31.4 Å². The van der Waals surface area contributed by atoms with Gasteiger partial charge in [0.15, 0.2) is 0 Å². The lowest BCUT2D eigenvalue weighted by Crippen LogP contribution is -2.61. The highest BCUT2D eigenvalue weighted by Gasteiger charge is 2.56. The summed E-state index contributed by atoms with van der Waals surface area (Å²) >= 11 is 0. The van der Waals surface area contributed by atoms with Crippen LogP contribution in [0.1, 0.15) is 31.2 Å². The molecule has 160 valence electrons. The van der Waals surface area contributed by atoms with Gasteiger partial charge in [0.25, 0.3) is 0 Å². The summed E-state index contributed by atoms with van der Waals surface area (Å²) < 4.78 is 40.8. The summed E-state index contributed by atoms with van der Waals surface area (Å²) in [5, 5.41) is 2.53. The first-order valence-electron chi connectivity index (χ1n) is 9.28. The van der Waals surface area contributed by atoms with E-state index in [2.05, 4.69) is 16.0 Å². The average Bonchev–Trinajstić information content (AvgIpc) is 3.41. The second-order valence-electron chi connectivity index (χ2n) is 7.36. The fourth-order valence-corrected chi connectivity index (χ4v) is 3.53. The molecule has 2 atom stereocenters. The first-order chi connectivity index (χ1) is 14.1. The highest BCUT2D eigenvalue weighted by atomic mass is 19.4. The van der Waals surface area contributed by atoms with E-state index >= 15 is 0 Å². The number of primary amides is 1. The maximum atomic E-state index is 13.1. The minimum absolute atomic E-state index is 0.209. The summed E-state index contributed by atoms with van der Waals surface area (Å²) in [5.74, 6) is 0.518. The first-order valence-corrected chi connectivity index (χ1v) is 9.28. The van der Waals surface area contributed by atoms with Gasteiger partial charge >= 0.3 is 6.36 Å². The van der Waals surface area contributed by atoms with Crippen molar-refractivity contribution in [1.29, 1.82) is 0 Å². The van der Waals surface area contributed by atoms with Gasteiger partial charge in [-0.1, -0.05) is 18.1 Å². The van der Waals surface area contributed by atoms with Gasteiger partial charge in [0.2, 0.25) is 17.7 Å². The monoisotopic (exact) mass is 423 g/mol. The Morgan fingerprint density at radius 1 is 1.30 bits per heavy atom. The number of ether oxygens (including phenoxy) is 1. The van der Waals surface area contributed by atoms with Crippen molar-refractivity contribution >= 4 is 17.7 Å². The number of alkyl halides is 3. The van der Waals surface area contributed by atoms with Crippen LogP contribution in [0.3, 0.4) is 0 Å². The third-order valence-electron chi connectivity index (χ3n) is 5.31. The van der Waals surface area contributed by atoms with Gasteiger partial charge in [-0.05, 0) is 37.0 Å². The zero-order chi connectivity index (χ0) is 22.1. The number of nitrogens with two attached hydrogens (primary N) is 1. The smallest absolute Gasteiger partial charge is 0.406 e. The van der Waals surface area contributed by atoms with E-state index in [9.17, 15) is 27.6 Å². The van der Waals surface area contributed by atoms with Gasteiger partial charge in [-0.25, -0.2) is 0 Å². The number of likely N-dealkylation sites (tertiary alicyclic amines) is 1. The molecule has 1 aliphatic heterocycles. The second kappa shape index (κ2) is 7.89. The molecule has 2 fully saturated rings. The van der Waals surface area contributed by atoms with Gasteiger partial charge in [-0.2, -0.15) is 0 Å². The molecule has 0 aromatic heterocycles. The van der Waals surface area contributed by atoms with Crippen molar-refractivity contribution in [3.05, 3.63) is 29.8 Å². The number of carbonyl (C=O) groups excluding carboxylic acids is 3. The molecule has 0 radical (unpaired) electrons. The van der Waals surface area contributed by atoms with Crippen molar-refractivity contribution in [2.75, 3.05) is 6.54 Å². The van der Waals surface area contributed by atoms with Crippen molar-refractivity contribution < 1.29 is 32.3 Å². The lowest BCUT2D eigenvalue weighted by Gasteiger charge is -2.42. The molecule has 1 aromatic carbocycles. The minimum Gasteiger partial charge on any atom is -0.406 e. The molecule has 3 amide bonds. The van der Waals surface area contributed by atoms with E-state index in [0.717, 1.165) is 12.1 Å². The Kier molecular flexibility index (Phi) is 5.65. The summed E-state index contributed by atoms with van der Waals surface area (Å²) in [7, 11) is 0. The SMILES string of the molecule is C#C[C@H](CC(N)=O)NC(=O)[C@@H]1CCN1C(=O)C1(c2ccc(OC(F)(F)F)cc2)CC1. The van der Waals surface area contributed by atoms with Crippen LogP contribution in [0.5, 0.6) is 5.75 Å². The Hall–Kier alpha value is -3.22. The molecular weight excluding hydrogens is 403 g/mol. The molecule has 1 saturated heterocycles. The van der Waals surface area contributed by atoms with Gasteiger partial charge in [0.05, 0.1) is 17.9 Å². The average molecular weight is 423 g/mol. The van der Waals surface area contributed by atoms with Gasteiger partial charge in [-0.15, -0.1) is 19.6 Å². The topological polar surface area (TPSA) is 102 Å². The molecule has 3 rings (SSSR count). The molecule has 10 heteroatoms. The van der Waals surface area contributed by atoms with Crippen molar-refractivity contribution in [3.63, 3.8) is 0 Å². The van der Waals surface area contributed by atoms with Crippen molar-refractivity contribution in [1.82, 2.24) is 10.2 Å². The van der Waals surface area contributed by atoms with Crippen LogP contribution in [0.4, 0.5) is 13.2 Å². The van der Waals surface area contributed by atoms with Gasteiger partial charge in [-0.3, -0.25) is 14.4 Å². The largest absolute Gasteiger partial charge is 0.573 e. The number of nitrogens with one attached hydrogen (secondary N) is 1. The van der Waals surface area contributed by atoms with Crippen LogP contribution in [-0.2, 0) is 19.8 Å². The second-order valence-corrected chi connectivity index (χ2v) is 7.36. The number of benzene rings is 1. The van der Waals surface area contributed by atoms with Gasteiger partial charge in [0.1, 0.15) is 11.8 Å². The van der Waals surface area contributed by atoms with Crippen LogP contribution in [-0.4, -0.2) is 47.6 Å². The molecule has 0 spiro atoms. The van der Waals surface area contributed by atoms with Crippen molar-refractivity contribution in [3.8, 4) is 18.1 Å². The van der Waals surface area contributed by atoms with E-state index in [1.165, 1.54) is 17.0 Å². The predicted molar refractivity (Wildman–Crippen MR) is 98.7 cm³/mol. The molecule has 7 nitrogen and oxygen atoms in total. The Labute approximate surface area is 170 Å². The van der Waals surface area contributed by atoms with Crippen LogP contribution in [0.2, 0.25) is 0 Å². The van der Waals surface area contributed by atoms with Gasteiger partial charge in [0, 0.05) is 6.54 Å². The van der Waals surface area contributed by atoms with Gasteiger partial charge < -0.3 is 20.7 Å². The highest BCUT2D eigenvalue weighted by molar-refractivity contribution is 5.96. The lowest BCUT2D eigenvalue weighted by molar-refractivity contribution is -0.274. The maximum Gasteiger partial charge on any atom is 0.573 e. The maximum absolute atomic E-state index is 13.1. The zero-order valence-corrected chi connectivity index (χ0v) is 15.9. The molecule has 1 aliphatic carbocycles. The predicted octanol–water partition coefficient (Wildman–Crippen LogP) is 1.21. The van der Waals surface area contributed by atoms with E-state index < -0.39 is 35.7 Å². The number of rotatable bonds is 7. The van der Waals surface area contributed by atoms with E-state index in [1.807, 2.05) is 0 Å². The van der Waals surface area contributed by atoms with Crippen LogP contribution in [0, 0.1) is 12.3 Å². The fraction of sp³-hybridized carbons (Fsp3) is 0.450. The molecular formula is C20H20F3N3O4. The summed E-state index contributed by atoms with van der Waals surface area (Å²) in [6.07, 6.45) is 1.80. The molecule has 3 N–H and O–H groups in total. The number of carbonyl (C=O) groups is 3. The summed E-state index contributed by atoms with van der Waals surface area (Å²) in [6.45, 7) is 0.379. The van der Waals surface area contributed by atoms with Crippen LogP contribution in [0.25, 0.3) is 0 Å². The normalized spacial score (nSPS) is 20.3. The number of terminal acetylenes is 1. The van der Waals surface area contributed by atoms with Crippen LogP contribution in [0.15, 0.2) is 24.3 Å². The summed E-state index contributed by atoms with van der Waals surface area (Å²) in [4.78, 5) is 38.0. The Morgan fingerprint density at radius 2 is 1.93 bits per heavy atom.